The summed E-state index contributed by atoms with van der Waals surface area (Å²) in [6.45, 7) is 7.21. The predicted octanol–water partition coefficient (Wildman–Crippen LogP) is 1.17. The molecule has 1 aliphatic heterocycles. The number of rotatable bonds is 1. The van der Waals surface area contributed by atoms with Crippen LogP contribution in [0, 0.1) is 17.2 Å². The largest absolute Gasteiger partial charge is 0.451 e. The minimum Gasteiger partial charge on any atom is -0.451 e. The van der Waals surface area contributed by atoms with Crippen LogP contribution in [0.1, 0.15) is 27.2 Å². The fourth-order valence-corrected chi connectivity index (χ4v) is 1.99. The van der Waals surface area contributed by atoms with Crippen LogP contribution in [0.15, 0.2) is 0 Å². The number of carbonyl (C=O) groups is 1. The van der Waals surface area contributed by atoms with Crippen molar-refractivity contribution in [3.05, 3.63) is 0 Å². The molecule has 0 aromatic heterocycles. The van der Waals surface area contributed by atoms with Crippen LogP contribution in [0.5, 0.6) is 0 Å². The van der Waals surface area contributed by atoms with E-state index >= 15 is 0 Å². The Bertz CT molecular complexity index is 293. The van der Waals surface area contributed by atoms with E-state index in [-0.39, 0.29) is 17.6 Å². The van der Waals surface area contributed by atoms with Crippen LogP contribution in [-0.4, -0.2) is 36.1 Å². The lowest BCUT2D eigenvalue weighted by Gasteiger charge is -2.48. The Labute approximate surface area is 90.8 Å². The van der Waals surface area contributed by atoms with Crippen LogP contribution in [-0.2, 0) is 9.53 Å². The zero-order valence-electron chi connectivity index (χ0n) is 9.78. The molecule has 1 rings (SSSR count). The molecule has 1 aliphatic rings. The zero-order chi connectivity index (χ0) is 11.6. The van der Waals surface area contributed by atoms with Gasteiger partial charge in [-0.25, -0.2) is 4.79 Å². The van der Waals surface area contributed by atoms with Crippen LogP contribution in [0.3, 0.4) is 0 Å². The van der Waals surface area contributed by atoms with Gasteiger partial charge >= 0.3 is 5.97 Å². The van der Waals surface area contributed by atoms with Crippen LogP contribution in [0.4, 0.5) is 0 Å². The number of ether oxygens (including phenoxy) is 1. The first-order valence-corrected chi connectivity index (χ1v) is 5.21. The Hall–Kier alpha value is -1.08. The van der Waals surface area contributed by atoms with Crippen molar-refractivity contribution in [2.75, 3.05) is 13.6 Å². The molecule has 4 nitrogen and oxygen atoms in total. The van der Waals surface area contributed by atoms with Gasteiger partial charge in [-0.3, -0.25) is 0 Å². The number of nitriles is 1. The molecule has 1 saturated heterocycles. The lowest BCUT2D eigenvalue weighted by Crippen LogP contribution is -2.56. The van der Waals surface area contributed by atoms with Gasteiger partial charge in [-0.2, -0.15) is 5.26 Å². The van der Waals surface area contributed by atoms with E-state index in [2.05, 4.69) is 32.7 Å². The van der Waals surface area contributed by atoms with E-state index in [1.165, 1.54) is 6.07 Å². The fraction of sp³-hybridized carbons (Fsp3) is 0.818. The van der Waals surface area contributed by atoms with Crippen LogP contribution in [0.2, 0.25) is 0 Å². The maximum absolute atomic E-state index is 10.9. The lowest BCUT2D eigenvalue weighted by molar-refractivity contribution is -0.152. The highest BCUT2D eigenvalue weighted by atomic mass is 16.5. The first kappa shape index (κ1) is 12.0. The minimum atomic E-state index is -0.771. The Morgan fingerprint density at radius 2 is 2.20 bits per heavy atom. The quantitative estimate of drug-likeness (QED) is 0.481. The molecule has 0 saturated carbocycles. The molecule has 0 aromatic carbocycles. The third-order valence-electron chi connectivity index (χ3n) is 3.75. The highest BCUT2D eigenvalue weighted by Gasteiger charge is 2.41. The van der Waals surface area contributed by atoms with Gasteiger partial charge in [-0.05, 0) is 27.3 Å². The van der Waals surface area contributed by atoms with Gasteiger partial charge in [0.2, 0.25) is 0 Å². The molecular weight excluding hydrogens is 192 g/mol. The lowest BCUT2D eigenvalue weighted by atomic mass is 9.79. The van der Waals surface area contributed by atoms with Crippen molar-refractivity contribution >= 4 is 5.97 Å². The second kappa shape index (κ2) is 4.19. The molecule has 0 spiro atoms. The maximum atomic E-state index is 10.9. The zero-order valence-corrected chi connectivity index (χ0v) is 9.78. The second-order valence-corrected chi connectivity index (χ2v) is 4.71. The third-order valence-corrected chi connectivity index (χ3v) is 3.75. The first-order valence-electron chi connectivity index (χ1n) is 5.21. The average molecular weight is 210 g/mol. The Morgan fingerprint density at radius 1 is 1.60 bits per heavy atom. The van der Waals surface area contributed by atoms with Crippen LogP contribution < -0.4 is 0 Å². The van der Waals surface area contributed by atoms with Crippen molar-refractivity contribution in [1.29, 1.82) is 5.26 Å². The average Bonchev–Trinajstić information content (AvgIpc) is 2.19. The highest BCUT2D eigenvalue weighted by Crippen LogP contribution is 2.33. The molecule has 2 unspecified atom stereocenters. The van der Waals surface area contributed by atoms with E-state index in [1.807, 2.05) is 0 Å². The Balaban J connectivity index is 2.71. The standard InChI is InChI=1S/C11H18N2O2/c1-8-9(15-10(14)7-12)5-6-13(4)11(8,2)3/h8-9H,5-6H2,1-4H3. The third kappa shape index (κ3) is 2.29. The second-order valence-electron chi connectivity index (χ2n) is 4.71. The smallest absolute Gasteiger partial charge is 0.411 e. The number of piperidine rings is 1. The molecule has 0 N–H and O–H groups in total. The van der Waals surface area contributed by atoms with E-state index < -0.39 is 5.97 Å². The molecule has 84 valence electrons. The van der Waals surface area contributed by atoms with Gasteiger partial charge in [0.05, 0.1) is 0 Å². The molecule has 0 amide bonds. The normalized spacial score (nSPS) is 30.6. The SMILES string of the molecule is CC1C(OC(=O)C#N)CCN(C)C1(C)C. The molecule has 1 fully saturated rings. The summed E-state index contributed by atoms with van der Waals surface area (Å²) in [5.41, 5.74) is -0.00134. The number of hydrogen-bond acceptors (Lipinski definition) is 4. The predicted molar refractivity (Wildman–Crippen MR) is 56.0 cm³/mol. The van der Waals surface area contributed by atoms with E-state index in [1.54, 1.807) is 0 Å². The molecule has 0 aromatic rings. The molecule has 4 heteroatoms. The summed E-state index contributed by atoms with van der Waals surface area (Å²) in [7, 11) is 2.07. The van der Waals surface area contributed by atoms with Gasteiger partial charge in [0, 0.05) is 18.0 Å². The van der Waals surface area contributed by atoms with E-state index in [9.17, 15) is 4.79 Å². The van der Waals surface area contributed by atoms with Gasteiger partial charge in [0.1, 0.15) is 6.10 Å². The van der Waals surface area contributed by atoms with Crippen molar-refractivity contribution in [1.82, 2.24) is 4.90 Å². The van der Waals surface area contributed by atoms with E-state index in [0.29, 0.717) is 0 Å². The molecule has 0 aliphatic carbocycles. The number of carbonyl (C=O) groups excluding carboxylic acids is 1. The number of likely N-dealkylation sites (tertiary alicyclic amines) is 1. The maximum Gasteiger partial charge on any atom is 0.411 e. The summed E-state index contributed by atoms with van der Waals surface area (Å²) in [6.07, 6.45) is 0.664. The summed E-state index contributed by atoms with van der Waals surface area (Å²) in [6, 6.07) is 1.50. The van der Waals surface area contributed by atoms with Gasteiger partial charge in [0.25, 0.3) is 0 Å². The highest BCUT2D eigenvalue weighted by molar-refractivity contribution is 5.85. The van der Waals surface area contributed by atoms with Gasteiger partial charge in [0.15, 0.2) is 6.07 Å². The van der Waals surface area contributed by atoms with Crippen molar-refractivity contribution in [3.8, 4) is 6.07 Å². The van der Waals surface area contributed by atoms with Gasteiger partial charge in [-0.15, -0.1) is 0 Å². The fourth-order valence-electron chi connectivity index (χ4n) is 1.99. The molecule has 2 atom stereocenters. The molecule has 15 heavy (non-hydrogen) atoms. The molecule has 0 bridgehead atoms. The summed E-state index contributed by atoms with van der Waals surface area (Å²) in [5, 5.41) is 8.40. The topological polar surface area (TPSA) is 53.3 Å². The summed E-state index contributed by atoms with van der Waals surface area (Å²) >= 11 is 0. The van der Waals surface area contributed by atoms with Crippen molar-refractivity contribution < 1.29 is 9.53 Å². The number of esters is 1. The summed E-state index contributed by atoms with van der Waals surface area (Å²) in [5.74, 6) is -0.541. The van der Waals surface area contributed by atoms with Crippen molar-refractivity contribution in [3.63, 3.8) is 0 Å². The molecule has 0 radical (unpaired) electrons. The summed E-state index contributed by atoms with van der Waals surface area (Å²) < 4.78 is 5.11. The minimum absolute atomic E-state index is 0.00134. The summed E-state index contributed by atoms with van der Waals surface area (Å²) in [4.78, 5) is 13.2. The van der Waals surface area contributed by atoms with E-state index in [0.717, 1.165) is 13.0 Å². The van der Waals surface area contributed by atoms with Crippen LogP contribution >= 0.6 is 0 Å². The van der Waals surface area contributed by atoms with Crippen molar-refractivity contribution in [2.24, 2.45) is 5.92 Å². The first-order chi connectivity index (χ1) is 6.89. The molecule has 1 heterocycles. The number of hydrogen-bond donors (Lipinski definition) is 0. The van der Waals surface area contributed by atoms with Gasteiger partial charge in [-0.1, -0.05) is 6.92 Å². The van der Waals surface area contributed by atoms with Crippen LogP contribution in [0.25, 0.3) is 0 Å². The Kier molecular flexibility index (Phi) is 3.35. The molecular formula is C11H18N2O2. The Morgan fingerprint density at radius 3 is 2.73 bits per heavy atom. The van der Waals surface area contributed by atoms with E-state index in [4.69, 9.17) is 10.00 Å². The monoisotopic (exact) mass is 210 g/mol. The van der Waals surface area contributed by atoms with Gasteiger partial charge < -0.3 is 9.64 Å². The number of nitrogens with zero attached hydrogens (tertiary/aromatic N) is 2. The van der Waals surface area contributed by atoms with Crippen molar-refractivity contribution in [2.45, 2.75) is 38.8 Å².